The second-order valence-electron chi connectivity index (χ2n) is 6.26. The Morgan fingerprint density at radius 2 is 1.70 bits per heavy atom. The predicted molar refractivity (Wildman–Crippen MR) is 105 cm³/mol. The van der Waals surface area contributed by atoms with Gasteiger partial charge in [0.25, 0.3) is 5.91 Å². The van der Waals surface area contributed by atoms with Crippen LogP contribution >= 0.6 is 0 Å². The molecule has 0 unspecified atom stereocenters. The third-order valence-electron chi connectivity index (χ3n) is 4.05. The number of hydrogen-bond acceptors (Lipinski definition) is 5. The number of anilines is 3. The SMILES string of the molecule is Cc1cc(C(=O)Nc2c(C)cccc2C)nc(Nc2cccc(C#N)c2)n1. The summed E-state index contributed by atoms with van der Waals surface area (Å²) in [4.78, 5) is 21.4. The van der Waals surface area contributed by atoms with Gasteiger partial charge in [0.2, 0.25) is 5.95 Å². The number of carbonyl (C=O) groups is 1. The summed E-state index contributed by atoms with van der Waals surface area (Å²) < 4.78 is 0. The van der Waals surface area contributed by atoms with E-state index in [1.807, 2.05) is 38.1 Å². The molecule has 6 nitrogen and oxygen atoms in total. The molecule has 1 aromatic heterocycles. The van der Waals surface area contributed by atoms with Gasteiger partial charge in [0.05, 0.1) is 11.6 Å². The number of benzene rings is 2. The lowest BCUT2D eigenvalue weighted by Crippen LogP contribution is -2.17. The summed E-state index contributed by atoms with van der Waals surface area (Å²) in [5.41, 5.74) is 4.90. The highest BCUT2D eigenvalue weighted by atomic mass is 16.1. The zero-order valence-corrected chi connectivity index (χ0v) is 15.4. The molecule has 1 amide bonds. The number of aryl methyl sites for hydroxylation is 3. The van der Waals surface area contributed by atoms with Crippen molar-refractivity contribution in [1.29, 1.82) is 5.26 Å². The monoisotopic (exact) mass is 357 g/mol. The van der Waals surface area contributed by atoms with Gasteiger partial charge in [-0.05, 0) is 56.2 Å². The summed E-state index contributed by atoms with van der Waals surface area (Å²) in [5, 5.41) is 15.0. The van der Waals surface area contributed by atoms with Gasteiger partial charge in [-0.25, -0.2) is 9.97 Å². The minimum atomic E-state index is -0.299. The number of rotatable bonds is 4. The maximum atomic E-state index is 12.7. The largest absolute Gasteiger partial charge is 0.324 e. The van der Waals surface area contributed by atoms with Crippen molar-refractivity contribution in [3.05, 3.63) is 76.6 Å². The maximum Gasteiger partial charge on any atom is 0.274 e. The van der Waals surface area contributed by atoms with Gasteiger partial charge < -0.3 is 10.6 Å². The molecule has 0 saturated carbocycles. The van der Waals surface area contributed by atoms with E-state index < -0.39 is 0 Å². The summed E-state index contributed by atoms with van der Waals surface area (Å²) in [7, 11) is 0. The predicted octanol–water partition coefficient (Wildman–Crippen LogP) is 4.27. The average molecular weight is 357 g/mol. The first kappa shape index (κ1) is 18.1. The molecule has 0 atom stereocenters. The van der Waals surface area contributed by atoms with Crippen molar-refractivity contribution < 1.29 is 4.79 Å². The molecule has 0 aliphatic heterocycles. The number of hydrogen-bond donors (Lipinski definition) is 2. The van der Waals surface area contributed by atoms with Crippen LogP contribution in [0.25, 0.3) is 0 Å². The number of para-hydroxylation sites is 1. The van der Waals surface area contributed by atoms with Crippen molar-refractivity contribution in [2.24, 2.45) is 0 Å². The summed E-state index contributed by atoms with van der Waals surface area (Å²) in [6.45, 7) is 5.69. The Bertz CT molecular complexity index is 1030. The molecular weight excluding hydrogens is 338 g/mol. The molecule has 3 rings (SSSR count). The molecule has 3 aromatic rings. The van der Waals surface area contributed by atoms with Crippen molar-refractivity contribution in [1.82, 2.24) is 9.97 Å². The summed E-state index contributed by atoms with van der Waals surface area (Å²) in [6.07, 6.45) is 0. The topological polar surface area (TPSA) is 90.7 Å². The first-order valence-corrected chi connectivity index (χ1v) is 8.46. The van der Waals surface area contributed by atoms with E-state index in [9.17, 15) is 4.79 Å². The van der Waals surface area contributed by atoms with Gasteiger partial charge in [-0.2, -0.15) is 5.26 Å². The normalized spacial score (nSPS) is 10.1. The first-order valence-electron chi connectivity index (χ1n) is 8.46. The molecule has 0 radical (unpaired) electrons. The number of nitrogens with one attached hydrogen (secondary N) is 2. The van der Waals surface area contributed by atoms with Gasteiger partial charge in [0, 0.05) is 17.1 Å². The van der Waals surface area contributed by atoms with E-state index in [-0.39, 0.29) is 11.6 Å². The second-order valence-corrected chi connectivity index (χ2v) is 6.26. The van der Waals surface area contributed by atoms with Crippen molar-refractivity contribution >= 4 is 23.2 Å². The van der Waals surface area contributed by atoms with Gasteiger partial charge in [0.1, 0.15) is 5.69 Å². The van der Waals surface area contributed by atoms with Crippen molar-refractivity contribution in [2.75, 3.05) is 10.6 Å². The van der Waals surface area contributed by atoms with E-state index in [0.29, 0.717) is 22.9 Å². The Balaban J connectivity index is 1.86. The Hall–Kier alpha value is -3.72. The zero-order chi connectivity index (χ0) is 19.4. The van der Waals surface area contributed by atoms with Gasteiger partial charge >= 0.3 is 0 Å². The van der Waals surface area contributed by atoms with Crippen molar-refractivity contribution in [3.63, 3.8) is 0 Å². The summed E-state index contributed by atoms with van der Waals surface area (Å²) in [5.74, 6) is 0.00321. The van der Waals surface area contributed by atoms with Crippen molar-refractivity contribution in [3.8, 4) is 6.07 Å². The van der Waals surface area contributed by atoms with Crippen LogP contribution in [0.15, 0.2) is 48.5 Å². The maximum absolute atomic E-state index is 12.7. The molecule has 0 spiro atoms. The van der Waals surface area contributed by atoms with Crippen LogP contribution in [-0.2, 0) is 0 Å². The fourth-order valence-corrected chi connectivity index (χ4v) is 2.73. The fourth-order valence-electron chi connectivity index (χ4n) is 2.73. The van der Waals surface area contributed by atoms with Gasteiger partial charge in [-0.15, -0.1) is 0 Å². The number of nitriles is 1. The van der Waals surface area contributed by atoms with Crippen LogP contribution in [0.1, 0.15) is 32.9 Å². The smallest absolute Gasteiger partial charge is 0.274 e. The lowest BCUT2D eigenvalue weighted by molar-refractivity contribution is 0.102. The van der Waals surface area contributed by atoms with Crippen LogP contribution in [-0.4, -0.2) is 15.9 Å². The van der Waals surface area contributed by atoms with Crippen molar-refractivity contribution in [2.45, 2.75) is 20.8 Å². The highest BCUT2D eigenvalue weighted by molar-refractivity contribution is 6.04. The molecule has 0 fully saturated rings. The Morgan fingerprint density at radius 1 is 1.00 bits per heavy atom. The Morgan fingerprint density at radius 3 is 2.41 bits per heavy atom. The van der Waals surface area contributed by atoms with E-state index in [0.717, 1.165) is 16.8 Å². The number of nitrogens with zero attached hydrogens (tertiary/aromatic N) is 3. The minimum absolute atomic E-state index is 0.268. The summed E-state index contributed by atoms with van der Waals surface area (Å²) >= 11 is 0. The lowest BCUT2D eigenvalue weighted by Gasteiger charge is -2.12. The molecule has 134 valence electrons. The van der Waals surface area contributed by atoms with Crippen LogP contribution in [0.3, 0.4) is 0 Å². The molecule has 0 bridgehead atoms. The van der Waals surface area contributed by atoms with Gasteiger partial charge in [0.15, 0.2) is 0 Å². The highest BCUT2D eigenvalue weighted by Crippen LogP contribution is 2.21. The Kier molecular flexibility index (Phi) is 5.13. The van der Waals surface area contributed by atoms with E-state index in [4.69, 9.17) is 5.26 Å². The average Bonchev–Trinajstić information content (AvgIpc) is 2.64. The quantitative estimate of drug-likeness (QED) is 0.728. The number of carbonyl (C=O) groups excluding carboxylic acids is 1. The van der Waals surface area contributed by atoms with Gasteiger partial charge in [-0.1, -0.05) is 24.3 Å². The van der Waals surface area contributed by atoms with E-state index >= 15 is 0 Å². The van der Waals surface area contributed by atoms with E-state index in [1.54, 1.807) is 31.2 Å². The zero-order valence-electron chi connectivity index (χ0n) is 15.4. The molecule has 2 N–H and O–H groups in total. The molecule has 2 aromatic carbocycles. The molecular formula is C21H19N5O. The third-order valence-corrected chi connectivity index (χ3v) is 4.05. The fraction of sp³-hybridized carbons (Fsp3) is 0.143. The first-order chi connectivity index (χ1) is 13.0. The second kappa shape index (κ2) is 7.67. The van der Waals surface area contributed by atoms with E-state index in [1.165, 1.54) is 0 Å². The highest BCUT2D eigenvalue weighted by Gasteiger charge is 2.13. The van der Waals surface area contributed by atoms with E-state index in [2.05, 4.69) is 26.7 Å². The lowest BCUT2D eigenvalue weighted by atomic mass is 10.1. The van der Waals surface area contributed by atoms with Crippen LogP contribution in [0, 0.1) is 32.1 Å². The molecule has 0 aliphatic rings. The Labute approximate surface area is 157 Å². The number of amides is 1. The standard InChI is InChI=1S/C21H19N5O/c1-13-6-4-7-14(2)19(13)26-20(27)18-10-15(3)23-21(25-18)24-17-9-5-8-16(11-17)12-22/h4-11H,1-3H3,(H,26,27)(H,23,24,25). The minimum Gasteiger partial charge on any atom is -0.324 e. The van der Waals surface area contributed by atoms with Crippen LogP contribution in [0.5, 0.6) is 0 Å². The number of aromatic nitrogens is 2. The summed E-state index contributed by atoms with van der Waals surface area (Å²) in [6, 6.07) is 16.6. The van der Waals surface area contributed by atoms with Crippen LogP contribution in [0.2, 0.25) is 0 Å². The molecule has 0 saturated heterocycles. The molecule has 27 heavy (non-hydrogen) atoms. The van der Waals surface area contributed by atoms with Crippen LogP contribution in [0.4, 0.5) is 17.3 Å². The molecule has 1 heterocycles. The molecule has 6 heteroatoms. The van der Waals surface area contributed by atoms with Crippen LogP contribution < -0.4 is 10.6 Å². The third kappa shape index (κ3) is 4.28. The van der Waals surface area contributed by atoms with Gasteiger partial charge in [-0.3, -0.25) is 4.79 Å². The molecule has 0 aliphatic carbocycles.